The largest absolute Gasteiger partial charge is 0.495 e. The van der Waals surface area contributed by atoms with Crippen LogP contribution in [0.1, 0.15) is 6.42 Å². The second kappa shape index (κ2) is 9.28. The number of methoxy groups -OCH3 is 3. The third kappa shape index (κ3) is 5.30. The molecule has 0 radical (unpaired) electrons. The molecule has 0 bridgehead atoms. The number of halogens is 1. The number of nitrogens with one attached hydrogen (secondary N) is 2. The molecule has 0 aromatic heterocycles. The van der Waals surface area contributed by atoms with Crippen LogP contribution in [-0.4, -0.2) is 40.4 Å². The second-order valence-electron chi connectivity index (χ2n) is 4.03. The van der Waals surface area contributed by atoms with Crippen LogP contribution in [-0.2, 0) is 4.74 Å². The maximum absolute atomic E-state index is 6.10. The minimum absolute atomic E-state index is 0.408. The number of rotatable bonds is 7. The Kier molecular flexibility index (Phi) is 7.66. The van der Waals surface area contributed by atoms with E-state index >= 15 is 0 Å². The quantitative estimate of drug-likeness (QED) is 0.233. The summed E-state index contributed by atoms with van der Waals surface area (Å²) in [6, 6.07) is 3.37. The molecule has 0 fully saturated rings. The van der Waals surface area contributed by atoms with E-state index in [9.17, 15) is 0 Å². The van der Waals surface area contributed by atoms with Crippen LogP contribution >= 0.6 is 11.6 Å². The van der Waals surface area contributed by atoms with Gasteiger partial charge in [0, 0.05) is 26.3 Å². The predicted octanol–water partition coefficient (Wildman–Crippen LogP) is 1.62. The first-order valence-corrected chi connectivity index (χ1v) is 6.72. The summed E-state index contributed by atoms with van der Waals surface area (Å²) >= 11 is 6.10. The van der Waals surface area contributed by atoms with Crippen molar-refractivity contribution in [1.82, 2.24) is 5.43 Å². The molecule has 1 aromatic rings. The first-order valence-electron chi connectivity index (χ1n) is 6.34. The van der Waals surface area contributed by atoms with Crippen molar-refractivity contribution in [3.8, 4) is 11.5 Å². The van der Waals surface area contributed by atoms with Gasteiger partial charge >= 0.3 is 0 Å². The zero-order valence-electron chi connectivity index (χ0n) is 12.4. The lowest BCUT2D eigenvalue weighted by Crippen LogP contribution is -2.36. The number of hydrogen-bond acceptors (Lipinski definition) is 5. The van der Waals surface area contributed by atoms with Crippen LogP contribution in [0.25, 0.3) is 0 Å². The molecule has 0 unspecified atom stereocenters. The lowest BCUT2D eigenvalue weighted by atomic mass is 10.2. The van der Waals surface area contributed by atoms with Gasteiger partial charge in [-0.25, -0.2) is 5.84 Å². The van der Waals surface area contributed by atoms with Crippen molar-refractivity contribution >= 4 is 23.2 Å². The minimum Gasteiger partial charge on any atom is -0.495 e. The summed E-state index contributed by atoms with van der Waals surface area (Å²) < 4.78 is 15.4. The maximum Gasteiger partial charge on any atom is 0.210 e. The molecule has 118 valence electrons. The molecule has 8 heteroatoms. The zero-order chi connectivity index (χ0) is 15.7. The molecule has 0 heterocycles. The van der Waals surface area contributed by atoms with Crippen molar-refractivity contribution in [3.63, 3.8) is 0 Å². The van der Waals surface area contributed by atoms with Gasteiger partial charge in [-0.15, -0.1) is 0 Å². The Labute approximate surface area is 129 Å². The SMILES string of the molecule is COCCCN=C(NN)Nc1cc(Cl)c(OC)cc1OC. The summed E-state index contributed by atoms with van der Waals surface area (Å²) in [4.78, 5) is 4.28. The van der Waals surface area contributed by atoms with Crippen molar-refractivity contribution in [1.29, 1.82) is 0 Å². The van der Waals surface area contributed by atoms with Crippen molar-refractivity contribution < 1.29 is 14.2 Å². The highest BCUT2D eigenvalue weighted by atomic mass is 35.5. The van der Waals surface area contributed by atoms with E-state index in [4.69, 9.17) is 31.7 Å². The monoisotopic (exact) mass is 316 g/mol. The molecule has 0 aliphatic heterocycles. The molecule has 0 atom stereocenters. The number of guanidine groups is 1. The van der Waals surface area contributed by atoms with Crippen molar-refractivity contribution in [2.45, 2.75) is 6.42 Å². The molecule has 1 aromatic carbocycles. The average Bonchev–Trinajstić information content (AvgIpc) is 2.50. The standard InChI is InChI=1S/C13H21ClN4O3/c1-19-6-4-5-16-13(18-15)17-10-7-9(14)11(20-2)8-12(10)21-3/h7-8H,4-6,15H2,1-3H3,(H2,16,17,18). The van der Waals surface area contributed by atoms with Crippen molar-refractivity contribution in [2.24, 2.45) is 10.8 Å². The molecular formula is C13H21ClN4O3. The summed E-state index contributed by atoms with van der Waals surface area (Å²) in [5.74, 6) is 6.95. The smallest absolute Gasteiger partial charge is 0.210 e. The molecule has 7 nitrogen and oxygen atoms in total. The van der Waals surface area contributed by atoms with Gasteiger partial charge in [0.2, 0.25) is 5.96 Å². The Balaban J connectivity index is 2.86. The molecule has 0 aliphatic carbocycles. The van der Waals surface area contributed by atoms with E-state index in [0.29, 0.717) is 41.3 Å². The van der Waals surface area contributed by atoms with Crippen LogP contribution in [0.3, 0.4) is 0 Å². The molecular weight excluding hydrogens is 296 g/mol. The summed E-state index contributed by atoms with van der Waals surface area (Å²) in [6.45, 7) is 1.21. The highest BCUT2D eigenvalue weighted by molar-refractivity contribution is 6.32. The van der Waals surface area contributed by atoms with Crippen LogP contribution < -0.4 is 26.1 Å². The molecule has 0 saturated carbocycles. The number of ether oxygens (including phenoxy) is 3. The number of aliphatic imine (C=N–C) groups is 1. The number of nitrogens with two attached hydrogens (primary N) is 1. The maximum atomic E-state index is 6.10. The van der Waals surface area contributed by atoms with Gasteiger partial charge in [-0.2, -0.15) is 0 Å². The van der Waals surface area contributed by atoms with Crippen molar-refractivity contribution in [2.75, 3.05) is 39.8 Å². The highest BCUT2D eigenvalue weighted by Gasteiger charge is 2.11. The van der Waals surface area contributed by atoms with Crippen LogP contribution in [0.5, 0.6) is 11.5 Å². The average molecular weight is 317 g/mol. The van der Waals surface area contributed by atoms with Gasteiger partial charge in [0.1, 0.15) is 11.5 Å². The number of hydrazine groups is 1. The first-order chi connectivity index (χ1) is 10.2. The van der Waals surface area contributed by atoms with E-state index in [1.807, 2.05) is 0 Å². The Morgan fingerprint density at radius 2 is 1.95 bits per heavy atom. The normalized spacial score (nSPS) is 11.2. The molecule has 0 aliphatic rings. The summed E-state index contributed by atoms with van der Waals surface area (Å²) in [5.41, 5.74) is 3.13. The van der Waals surface area contributed by atoms with E-state index in [1.165, 1.54) is 7.11 Å². The molecule has 21 heavy (non-hydrogen) atoms. The van der Waals surface area contributed by atoms with E-state index in [0.717, 1.165) is 6.42 Å². The first kappa shape index (κ1) is 17.4. The Morgan fingerprint density at radius 1 is 1.24 bits per heavy atom. The number of benzene rings is 1. The van der Waals surface area contributed by atoms with Crippen molar-refractivity contribution in [3.05, 3.63) is 17.2 Å². The van der Waals surface area contributed by atoms with Gasteiger partial charge < -0.3 is 19.5 Å². The van der Waals surface area contributed by atoms with Gasteiger partial charge in [0.15, 0.2) is 0 Å². The molecule has 1 rings (SSSR count). The molecule has 0 saturated heterocycles. The van der Waals surface area contributed by atoms with E-state index in [-0.39, 0.29) is 0 Å². The molecule has 0 spiro atoms. The lowest BCUT2D eigenvalue weighted by molar-refractivity contribution is 0.197. The van der Waals surface area contributed by atoms with E-state index in [1.54, 1.807) is 26.4 Å². The Morgan fingerprint density at radius 3 is 2.52 bits per heavy atom. The second-order valence-corrected chi connectivity index (χ2v) is 4.44. The van der Waals surface area contributed by atoms with Gasteiger partial charge in [0.05, 0.1) is 24.9 Å². The van der Waals surface area contributed by atoms with Gasteiger partial charge in [-0.1, -0.05) is 11.6 Å². The fraction of sp³-hybridized carbons (Fsp3) is 0.462. The van der Waals surface area contributed by atoms with Crippen LogP contribution in [0.15, 0.2) is 17.1 Å². The predicted molar refractivity (Wildman–Crippen MR) is 84.3 cm³/mol. The van der Waals surface area contributed by atoms with Crippen LogP contribution in [0.4, 0.5) is 5.69 Å². The van der Waals surface area contributed by atoms with Crippen LogP contribution in [0, 0.1) is 0 Å². The molecule has 0 amide bonds. The van der Waals surface area contributed by atoms with Crippen LogP contribution in [0.2, 0.25) is 5.02 Å². The lowest BCUT2D eigenvalue weighted by Gasteiger charge is -2.15. The molecule has 4 N–H and O–H groups in total. The van der Waals surface area contributed by atoms with Gasteiger partial charge in [0.25, 0.3) is 0 Å². The van der Waals surface area contributed by atoms with E-state index < -0.39 is 0 Å². The minimum atomic E-state index is 0.408. The zero-order valence-corrected chi connectivity index (χ0v) is 13.2. The number of anilines is 1. The topological polar surface area (TPSA) is 90.1 Å². The Bertz CT molecular complexity index is 483. The van der Waals surface area contributed by atoms with E-state index in [2.05, 4.69) is 15.7 Å². The van der Waals surface area contributed by atoms with Gasteiger partial charge in [-0.3, -0.25) is 10.4 Å². The third-order valence-electron chi connectivity index (χ3n) is 2.64. The van der Waals surface area contributed by atoms with Gasteiger partial charge in [-0.05, 0) is 12.5 Å². The highest BCUT2D eigenvalue weighted by Crippen LogP contribution is 2.35. The fourth-order valence-electron chi connectivity index (χ4n) is 1.61. The Hall–Kier alpha value is -1.70. The fourth-order valence-corrected chi connectivity index (χ4v) is 1.85. The third-order valence-corrected chi connectivity index (χ3v) is 2.94. The summed E-state index contributed by atoms with van der Waals surface area (Å²) in [5, 5.41) is 3.48. The number of nitrogens with zero attached hydrogens (tertiary/aromatic N) is 1. The summed E-state index contributed by atoms with van der Waals surface area (Å²) in [7, 11) is 4.74. The number of hydrogen-bond donors (Lipinski definition) is 3. The summed E-state index contributed by atoms with van der Waals surface area (Å²) in [6.07, 6.45) is 0.795.